The quantitative estimate of drug-likeness (QED) is 0.0299. The average molecular weight is 990 g/mol. The Morgan fingerprint density at radius 1 is 0.306 bits per heavy atom. The SMILES string of the molecule is CCCCCCN(CCCCCC)C(=S)[S-].CCCCCCN(CCCCCC)C(=S)[S-].CCCCCCN(CCCCCC)C(=S)[S-].[Bi+3]. The summed E-state index contributed by atoms with van der Waals surface area (Å²) < 4.78 is 1.98. The van der Waals surface area contributed by atoms with Crippen molar-refractivity contribution in [3.8, 4) is 0 Å². The van der Waals surface area contributed by atoms with E-state index in [2.05, 4.69) is 56.2 Å². The van der Waals surface area contributed by atoms with Crippen LogP contribution in [-0.4, -0.2) is 93.1 Å². The monoisotopic (exact) mass is 989 g/mol. The van der Waals surface area contributed by atoms with Gasteiger partial charge in [-0.3, -0.25) is 0 Å². The number of unbranched alkanes of at least 4 members (excludes halogenated alkanes) is 18. The van der Waals surface area contributed by atoms with Crippen molar-refractivity contribution in [1.29, 1.82) is 0 Å². The second kappa shape index (κ2) is 47.2. The first-order chi connectivity index (χ1) is 23.2. The number of hydrogen-bond acceptors (Lipinski definition) is 6. The van der Waals surface area contributed by atoms with Gasteiger partial charge in [-0.25, -0.2) is 0 Å². The van der Waals surface area contributed by atoms with Gasteiger partial charge in [-0.2, -0.15) is 0 Å². The zero-order valence-corrected chi connectivity index (χ0v) is 41.3. The van der Waals surface area contributed by atoms with Crippen LogP contribution in [0.2, 0.25) is 0 Å². The smallest absolute Gasteiger partial charge is 0.411 e. The molecule has 10 heteroatoms. The van der Waals surface area contributed by atoms with Gasteiger partial charge in [0, 0.05) is 39.3 Å². The third-order valence-electron chi connectivity index (χ3n) is 8.46. The van der Waals surface area contributed by atoms with E-state index >= 15 is 0 Å². The maximum absolute atomic E-state index is 5.11. The Labute approximate surface area is 360 Å². The van der Waals surface area contributed by atoms with E-state index in [0.29, 0.717) is 13.0 Å². The fraction of sp³-hybridized carbons (Fsp3) is 0.923. The van der Waals surface area contributed by atoms with Crippen molar-refractivity contribution in [3.63, 3.8) is 0 Å². The fourth-order valence-corrected chi connectivity index (χ4v) is 6.36. The third kappa shape index (κ3) is 45.3. The van der Waals surface area contributed by atoms with Crippen molar-refractivity contribution >= 4 is 114 Å². The first-order valence-corrected chi connectivity index (χ1v) is 22.5. The second-order valence-corrected chi connectivity index (χ2v) is 16.2. The summed E-state index contributed by atoms with van der Waals surface area (Å²) in [6, 6.07) is 0. The van der Waals surface area contributed by atoms with E-state index in [4.69, 9.17) is 74.5 Å². The molecule has 0 fully saturated rings. The number of hydrogen-bond donors (Lipinski definition) is 0. The van der Waals surface area contributed by atoms with Crippen LogP contribution in [0.4, 0.5) is 0 Å². The normalized spacial score (nSPS) is 10.2. The van der Waals surface area contributed by atoms with Gasteiger partial charge in [-0.1, -0.05) is 170 Å². The van der Waals surface area contributed by atoms with E-state index in [1.807, 2.05) is 0 Å². The van der Waals surface area contributed by atoms with E-state index in [9.17, 15) is 0 Å². The summed E-state index contributed by atoms with van der Waals surface area (Å²) in [5.74, 6) is 0. The van der Waals surface area contributed by atoms with Crippen LogP contribution in [0.3, 0.4) is 0 Å². The largest absolute Gasteiger partial charge is 3.00 e. The third-order valence-corrected chi connectivity index (χ3v) is 10.0. The molecule has 0 rings (SSSR count). The van der Waals surface area contributed by atoms with Gasteiger partial charge in [0.05, 0.1) is 0 Å². The molecule has 0 amide bonds. The molecule has 49 heavy (non-hydrogen) atoms. The molecule has 0 unspecified atom stereocenters. The predicted molar refractivity (Wildman–Crippen MR) is 245 cm³/mol. The van der Waals surface area contributed by atoms with Crippen LogP contribution in [-0.2, 0) is 37.9 Å². The summed E-state index contributed by atoms with van der Waals surface area (Å²) in [5.41, 5.74) is 0. The van der Waals surface area contributed by atoms with Gasteiger partial charge in [-0.15, -0.1) is 0 Å². The first kappa shape index (κ1) is 56.9. The number of thiocarbonyl (C=S) groups is 3. The molecule has 0 aromatic carbocycles. The molecule has 290 valence electrons. The van der Waals surface area contributed by atoms with Gasteiger partial charge in [0.1, 0.15) is 0 Å². The van der Waals surface area contributed by atoms with Crippen LogP contribution in [0.25, 0.3) is 0 Å². The van der Waals surface area contributed by atoms with Crippen molar-refractivity contribution in [1.82, 2.24) is 14.7 Å². The van der Waals surface area contributed by atoms with E-state index < -0.39 is 0 Å². The maximum atomic E-state index is 5.11. The Kier molecular flexibility index (Phi) is 54.9. The van der Waals surface area contributed by atoms with E-state index in [1.54, 1.807) is 0 Å². The number of rotatable bonds is 30. The minimum absolute atomic E-state index is 0. The summed E-state index contributed by atoms with van der Waals surface area (Å²) in [6.45, 7) is 19.8. The van der Waals surface area contributed by atoms with E-state index in [1.165, 1.54) is 154 Å². The Hall–Kier alpha value is 1.21. The van der Waals surface area contributed by atoms with Crippen LogP contribution in [0.1, 0.15) is 196 Å². The molecule has 0 spiro atoms. The molecule has 0 aliphatic rings. The molecule has 0 atom stereocenters. The Bertz CT molecular complexity index is 575. The van der Waals surface area contributed by atoms with Gasteiger partial charge in [-0.05, 0) is 38.5 Å². The molecule has 0 saturated heterocycles. The molecule has 0 saturated carbocycles. The fourth-order valence-electron chi connectivity index (χ4n) is 5.26. The van der Waals surface area contributed by atoms with Crippen LogP contribution < -0.4 is 0 Å². The van der Waals surface area contributed by atoms with E-state index in [-0.39, 0.29) is 26.2 Å². The standard InChI is InChI=1S/3C13H27NS2.Bi/c3*1-3-5-7-9-11-14(13(15)16)12-10-8-6-4-2;/h3*3-12H2,1-2H3,(H,15,16);/q;;;+3/p-3. The molecule has 0 aliphatic carbocycles. The summed E-state index contributed by atoms with van der Waals surface area (Å²) >= 11 is 30.7. The molecule has 3 nitrogen and oxygen atoms in total. The zero-order chi connectivity index (χ0) is 36.7. The molecule has 0 bridgehead atoms. The van der Waals surface area contributed by atoms with Crippen molar-refractivity contribution in [3.05, 3.63) is 0 Å². The second-order valence-electron chi connectivity index (χ2n) is 13.1. The topological polar surface area (TPSA) is 9.72 Å². The van der Waals surface area contributed by atoms with Crippen LogP contribution >= 0.6 is 36.7 Å². The van der Waals surface area contributed by atoms with E-state index in [0.717, 1.165) is 39.3 Å². The summed E-state index contributed by atoms with van der Waals surface area (Å²) in [4.78, 5) is 6.61. The van der Waals surface area contributed by atoms with Crippen LogP contribution in [0.5, 0.6) is 0 Å². The summed E-state index contributed by atoms with van der Waals surface area (Å²) in [6.07, 6.45) is 30.9. The van der Waals surface area contributed by atoms with Crippen molar-refractivity contribution in [2.24, 2.45) is 0 Å². The van der Waals surface area contributed by atoms with Crippen molar-refractivity contribution in [2.45, 2.75) is 196 Å². The van der Waals surface area contributed by atoms with Crippen LogP contribution in [0, 0.1) is 0 Å². The maximum Gasteiger partial charge on any atom is 3.00 e. The molecular formula is C39H78BiN3S6. The molecule has 0 aromatic rings. The van der Waals surface area contributed by atoms with Gasteiger partial charge in [0.15, 0.2) is 0 Å². The Balaban J connectivity index is -0.000000307. The van der Waals surface area contributed by atoms with Gasteiger partial charge < -0.3 is 89.2 Å². The van der Waals surface area contributed by atoms with Gasteiger partial charge in [0.2, 0.25) is 0 Å². The van der Waals surface area contributed by atoms with Crippen molar-refractivity contribution in [2.75, 3.05) is 39.3 Å². The van der Waals surface area contributed by atoms with Gasteiger partial charge in [0.25, 0.3) is 0 Å². The minimum Gasteiger partial charge on any atom is -0.411 e. The molecule has 2 radical (unpaired) electrons. The van der Waals surface area contributed by atoms with Crippen molar-refractivity contribution < 1.29 is 0 Å². The van der Waals surface area contributed by atoms with Crippen LogP contribution in [0.15, 0.2) is 0 Å². The average Bonchev–Trinajstić information content (AvgIpc) is 3.06. The molecule has 0 heterocycles. The molecular weight excluding hydrogens is 912 g/mol. The Morgan fingerprint density at radius 3 is 0.551 bits per heavy atom. The predicted octanol–water partition coefficient (Wildman–Crippen LogP) is 12.5. The summed E-state index contributed by atoms with van der Waals surface area (Å²) in [7, 11) is 0. The number of nitrogens with zero attached hydrogens (tertiary/aromatic N) is 3. The first-order valence-electron chi connectivity index (χ1n) is 20.0. The minimum atomic E-state index is 0. The molecule has 0 aromatic heterocycles. The molecule has 0 N–H and O–H groups in total. The van der Waals surface area contributed by atoms with Gasteiger partial charge >= 0.3 is 26.2 Å². The summed E-state index contributed by atoms with van der Waals surface area (Å²) in [5, 5.41) is 0. The Morgan fingerprint density at radius 2 is 0.449 bits per heavy atom. The molecule has 0 aliphatic heterocycles. The zero-order valence-electron chi connectivity index (χ0n) is 33.0.